The zero-order chi connectivity index (χ0) is 16.2. The molecule has 1 aromatic carbocycles. The van der Waals surface area contributed by atoms with Crippen LogP contribution in [-0.2, 0) is 4.74 Å². The summed E-state index contributed by atoms with van der Waals surface area (Å²) in [6.45, 7) is -0.898. The molecule has 21 heavy (non-hydrogen) atoms. The van der Waals surface area contributed by atoms with Gasteiger partial charge in [-0.25, -0.2) is 4.79 Å². The van der Waals surface area contributed by atoms with Gasteiger partial charge in [-0.1, -0.05) is 6.07 Å². The van der Waals surface area contributed by atoms with E-state index in [1.807, 2.05) is 0 Å². The van der Waals surface area contributed by atoms with Gasteiger partial charge < -0.3 is 14.7 Å². The zero-order valence-electron chi connectivity index (χ0n) is 11.3. The summed E-state index contributed by atoms with van der Waals surface area (Å²) in [7, 11) is 2.30. The topological polar surface area (TPSA) is 66.8 Å². The fourth-order valence-corrected chi connectivity index (χ4v) is 1.56. The molecule has 0 fully saturated rings. The predicted octanol–water partition coefficient (Wildman–Crippen LogP) is 1.47. The maximum atomic E-state index is 12.2. The molecule has 0 saturated heterocycles. The number of hydrogen-bond acceptors (Lipinski definition) is 4. The van der Waals surface area contributed by atoms with Crippen molar-refractivity contribution in [2.75, 3.05) is 20.7 Å². The second-order valence-corrected chi connectivity index (χ2v) is 4.32. The highest BCUT2D eigenvalue weighted by Crippen LogP contribution is 2.21. The van der Waals surface area contributed by atoms with E-state index in [-0.39, 0.29) is 11.1 Å². The van der Waals surface area contributed by atoms with Gasteiger partial charge in [-0.2, -0.15) is 13.2 Å². The van der Waals surface area contributed by atoms with Gasteiger partial charge >= 0.3 is 12.1 Å². The molecule has 0 aliphatic carbocycles. The van der Waals surface area contributed by atoms with Crippen molar-refractivity contribution in [1.29, 1.82) is 0 Å². The van der Waals surface area contributed by atoms with Gasteiger partial charge in [-0.05, 0) is 18.2 Å². The number of carbonyl (C=O) groups excluding carboxylic acids is 2. The highest BCUT2D eigenvalue weighted by molar-refractivity contribution is 5.97. The molecule has 1 N–H and O–H groups in total. The Labute approximate surface area is 118 Å². The first-order valence-corrected chi connectivity index (χ1v) is 5.85. The minimum absolute atomic E-state index is 0.0229. The monoisotopic (exact) mass is 305 g/mol. The maximum absolute atomic E-state index is 12.2. The van der Waals surface area contributed by atoms with E-state index in [0.29, 0.717) is 0 Å². The molecule has 0 aliphatic heterocycles. The van der Waals surface area contributed by atoms with E-state index in [9.17, 15) is 22.8 Å². The molecule has 1 rings (SSSR count). The Morgan fingerprint density at radius 2 is 1.90 bits per heavy atom. The Bertz CT molecular complexity index is 530. The van der Waals surface area contributed by atoms with Crippen LogP contribution < -0.4 is 0 Å². The molecule has 1 aromatic rings. The lowest BCUT2D eigenvalue weighted by molar-refractivity contribution is -0.205. The Morgan fingerprint density at radius 1 is 1.33 bits per heavy atom. The fourth-order valence-electron chi connectivity index (χ4n) is 1.56. The van der Waals surface area contributed by atoms with E-state index >= 15 is 0 Å². The third-order valence-electron chi connectivity index (χ3n) is 2.70. The summed E-state index contributed by atoms with van der Waals surface area (Å²) < 4.78 is 41.2. The number of alkyl halides is 3. The van der Waals surface area contributed by atoms with Crippen LogP contribution in [0, 0.1) is 0 Å². The van der Waals surface area contributed by atoms with Crippen molar-refractivity contribution in [2.24, 2.45) is 0 Å². The van der Waals surface area contributed by atoms with Crippen LogP contribution >= 0.6 is 0 Å². The summed E-state index contributed by atoms with van der Waals surface area (Å²) in [6.07, 6.45) is -7.43. The molecule has 0 spiro atoms. The second-order valence-electron chi connectivity index (χ2n) is 4.32. The molecule has 5 nitrogen and oxygen atoms in total. The molecule has 0 heterocycles. The number of amides is 1. The smallest absolute Gasteiger partial charge is 0.416 e. The van der Waals surface area contributed by atoms with Crippen molar-refractivity contribution in [3.05, 3.63) is 35.4 Å². The van der Waals surface area contributed by atoms with Gasteiger partial charge in [0.05, 0.1) is 19.2 Å². The minimum Gasteiger partial charge on any atom is -0.465 e. The number of halogens is 3. The number of methoxy groups -OCH3 is 1. The van der Waals surface area contributed by atoms with Crippen LogP contribution in [0.2, 0.25) is 0 Å². The molecular weight excluding hydrogens is 291 g/mol. The van der Waals surface area contributed by atoms with E-state index in [4.69, 9.17) is 5.11 Å². The number of hydrogen-bond donors (Lipinski definition) is 1. The predicted molar refractivity (Wildman–Crippen MR) is 66.8 cm³/mol. The zero-order valence-corrected chi connectivity index (χ0v) is 11.3. The summed E-state index contributed by atoms with van der Waals surface area (Å²) >= 11 is 0. The van der Waals surface area contributed by atoms with E-state index in [1.165, 1.54) is 31.4 Å². The van der Waals surface area contributed by atoms with E-state index in [1.54, 1.807) is 0 Å². The van der Waals surface area contributed by atoms with Crippen LogP contribution in [0.5, 0.6) is 0 Å². The molecule has 0 saturated carbocycles. The standard InChI is InChI=1S/C13H14F3NO4/c1-17(7-10(18)13(14,15)16)11(19)8-4-3-5-9(6-8)12(20)21-2/h3-6,10,18H,7H2,1-2H3/t10-/m1/s1. The first-order chi connectivity index (χ1) is 9.66. The molecule has 0 aliphatic rings. The maximum Gasteiger partial charge on any atom is 0.416 e. The highest BCUT2D eigenvalue weighted by Gasteiger charge is 2.39. The summed E-state index contributed by atoms with van der Waals surface area (Å²) in [5.41, 5.74) is 0.128. The summed E-state index contributed by atoms with van der Waals surface area (Å²) in [5, 5.41) is 8.94. The van der Waals surface area contributed by atoms with Gasteiger partial charge in [0.2, 0.25) is 0 Å². The third-order valence-corrected chi connectivity index (χ3v) is 2.70. The van der Waals surface area contributed by atoms with E-state index in [2.05, 4.69) is 4.74 Å². The lowest BCUT2D eigenvalue weighted by atomic mass is 10.1. The normalized spacial score (nSPS) is 12.7. The number of likely N-dealkylation sites (N-methyl/N-ethyl adjacent to an activating group) is 1. The van der Waals surface area contributed by atoms with Gasteiger partial charge in [0.25, 0.3) is 5.91 Å². The number of aliphatic hydroxyl groups excluding tert-OH is 1. The van der Waals surface area contributed by atoms with Crippen molar-refractivity contribution < 1.29 is 32.6 Å². The number of esters is 1. The number of ether oxygens (including phenoxy) is 1. The molecule has 0 bridgehead atoms. The SMILES string of the molecule is COC(=O)c1cccc(C(=O)N(C)C[C@@H](O)C(F)(F)F)c1. The minimum atomic E-state index is -4.80. The molecule has 0 aromatic heterocycles. The molecule has 0 unspecified atom stereocenters. The van der Waals surface area contributed by atoms with E-state index in [0.717, 1.165) is 11.9 Å². The fraction of sp³-hybridized carbons (Fsp3) is 0.385. The lowest BCUT2D eigenvalue weighted by Gasteiger charge is -2.22. The van der Waals surface area contributed by atoms with Crippen LogP contribution in [0.25, 0.3) is 0 Å². The van der Waals surface area contributed by atoms with Crippen molar-refractivity contribution >= 4 is 11.9 Å². The second kappa shape index (κ2) is 6.57. The summed E-state index contributed by atoms with van der Waals surface area (Å²) in [6, 6.07) is 5.39. The van der Waals surface area contributed by atoms with Gasteiger partial charge in [-0.15, -0.1) is 0 Å². The van der Waals surface area contributed by atoms with Gasteiger partial charge in [0, 0.05) is 12.6 Å². The summed E-state index contributed by atoms with van der Waals surface area (Å²) in [4.78, 5) is 24.0. The molecule has 0 radical (unpaired) electrons. The summed E-state index contributed by atoms with van der Waals surface area (Å²) in [5.74, 6) is -1.41. The first-order valence-electron chi connectivity index (χ1n) is 5.85. The van der Waals surface area contributed by atoms with Crippen molar-refractivity contribution in [3.8, 4) is 0 Å². The Balaban J connectivity index is 2.86. The average molecular weight is 305 g/mol. The van der Waals surface area contributed by atoms with Crippen LogP contribution in [0.3, 0.4) is 0 Å². The number of rotatable bonds is 4. The van der Waals surface area contributed by atoms with Crippen LogP contribution in [0.4, 0.5) is 13.2 Å². The Hall–Kier alpha value is -2.09. The Kier molecular flexibility index (Phi) is 5.31. The van der Waals surface area contributed by atoms with E-state index < -0.39 is 30.7 Å². The van der Waals surface area contributed by atoms with Crippen LogP contribution in [0.1, 0.15) is 20.7 Å². The van der Waals surface area contributed by atoms with Gasteiger partial charge in [-0.3, -0.25) is 4.79 Å². The number of carbonyl (C=O) groups is 2. The molecule has 8 heteroatoms. The molecule has 1 amide bonds. The average Bonchev–Trinajstić information content (AvgIpc) is 2.44. The van der Waals surface area contributed by atoms with Crippen molar-refractivity contribution in [2.45, 2.75) is 12.3 Å². The molecule has 116 valence electrons. The Morgan fingerprint density at radius 3 is 2.43 bits per heavy atom. The highest BCUT2D eigenvalue weighted by atomic mass is 19.4. The number of benzene rings is 1. The van der Waals surface area contributed by atoms with Gasteiger partial charge in [0.1, 0.15) is 0 Å². The van der Waals surface area contributed by atoms with Gasteiger partial charge in [0.15, 0.2) is 6.10 Å². The quantitative estimate of drug-likeness (QED) is 0.855. The number of aliphatic hydroxyl groups is 1. The lowest BCUT2D eigenvalue weighted by Crippen LogP contribution is -2.41. The van der Waals surface area contributed by atoms with Crippen molar-refractivity contribution in [3.63, 3.8) is 0 Å². The van der Waals surface area contributed by atoms with Crippen LogP contribution in [0.15, 0.2) is 24.3 Å². The number of nitrogens with zero attached hydrogens (tertiary/aromatic N) is 1. The van der Waals surface area contributed by atoms with Crippen molar-refractivity contribution in [1.82, 2.24) is 4.90 Å². The molecular formula is C13H14F3NO4. The first kappa shape index (κ1) is 17.0. The largest absolute Gasteiger partial charge is 0.465 e. The van der Waals surface area contributed by atoms with Crippen LogP contribution in [-0.4, -0.2) is 54.9 Å². The molecule has 1 atom stereocenters. The third kappa shape index (κ3) is 4.45.